The molecule has 7 nitrogen and oxygen atoms in total. The van der Waals surface area contributed by atoms with E-state index < -0.39 is 0 Å². The van der Waals surface area contributed by atoms with Crippen molar-refractivity contribution in [2.24, 2.45) is 0 Å². The number of carbonyl (C=O) groups excluding carboxylic acids is 2. The number of carbonyl (C=O) groups is 2. The quantitative estimate of drug-likeness (QED) is 0.642. The van der Waals surface area contributed by atoms with E-state index in [-0.39, 0.29) is 29.5 Å². The van der Waals surface area contributed by atoms with Gasteiger partial charge in [0.25, 0.3) is 11.8 Å². The van der Waals surface area contributed by atoms with Crippen molar-refractivity contribution in [3.8, 4) is 5.75 Å². The van der Waals surface area contributed by atoms with Crippen molar-refractivity contribution in [3.63, 3.8) is 0 Å². The van der Waals surface area contributed by atoms with Gasteiger partial charge in [0.2, 0.25) is 5.01 Å². The predicted molar refractivity (Wildman–Crippen MR) is 106 cm³/mol. The number of amides is 2. The van der Waals surface area contributed by atoms with Gasteiger partial charge in [-0.2, -0.15) is 0 Å². The summed E-state index contributed by atoms with van der Waals surface area (Å²) in [4.78, 5) is 24.6. The van der Waals surface area contributed by atoms with Gasteiger partial charge in [0.05, 0.1) is 0 Å². The lowest BCUT2D eigenvalue weighted by atomic mass is 10.2. The minimum absolute atomic E-state index is 0.130. The van der Waals surface area contributed by atoms with Gasteiger partial charge in [-0.15, -0.1) is 10.2 Å². The smallest absolute Gasteiger partial charge is 0.286 e. The number of anilines is 1. The lowest BCUT2D eigenvalue weighted by molar-refractivity contribution is 0.0949. The summed E-state index contributed by atoms with van der Waals surface area (Å²) in [6, 6.07) is 16.5. The van der Waals surface area contributed by atoms with Crippen LogP contribution in [0.3, 0.4) is 0 Å². The third-order valence-corrected chi connectivity index (χ3v) is 4.96. The van der Waals surface area contributed by atoms with Crippen LogP contribution in [0.25, 0.3) is 0 Å². The van der Waals surface area contributed by atoms with Crippen molar-refractivity contribution >= 4 is 28.8 Å². The molecule has 0 saturated heterocycles. The molecule has 0 spiro atoms. The molecule has 2 aromatic carbocycles. The summed E-state index contributed by atoms with van der Waals surface area (Å²) in [5.41, 5.74) is 1.05. The second-order valence-electron chi connectivity index (χ2n) is 6.39. The zero-order chi connectivity index (χ0) is 19.3. The molecule has 1 saturated carbocycles. The first-order valence-electron chi connectivity index (χ1n) is 8.90. The average Bonchev–Trinajstić information content (AvgIpc) is 3.40. The Labute approximate surface area is 165 Å². The summed E-state index contributed by atoms with van der Waals surface area (Å²) in [5, 5.41) is 14.4. The molecule has 28 heavy (non-hydrogen) atoms. The molecule has 4 rings (SSSR count). The van der Waals surface area contributed by atoms with Gasteiger partial charge in [-0.3, -0.25) is 9.59 Å². The maximum atomic E-state index is 12.4. The highest BCUT2D eigenvalue weighted by atomic mass is 32.1. The Balaban J connectivity index is 1.36. The first-order chi connectivity index (χ1) is 13.7. The molecule has 0 radical (unpaired) electrons. The molecule has 3 aromatic rings. The van der Waals surface area contributed by atoms with Crippen LogP contribution in [0, 0.1) is 0 Å². The topological polar surface area (TPSA) is 93.2 Å². The number of rotatable bonds is 7. The molecule has 1 aliphatic rings. The highest BCUT2D eigenvalue weighted by molar-refractivity contribution is 7.13. The Kier molecular flexibility index (Phi) is 5.29. The predicted octanol–water partition coefficient (Wildman–Crippen LogP) is 3.26. The van der Waals surface area contributed by atoms with E-state index >= 15 is 0 Å². The monoisotopic (exact) mass is 394 g/mol. The number of ether oxygens (including phenoxy) is 1. The van der Waals surface area contributed by atoms with E-state index in [2.05, 4.69) is 20.8 Å². The SMILES string of the molecule is O=C(NC1CC1)c1cccc(NC(=O)c2nnc(COc3ccccc3)s2)c1. The Bertz CT molecular complexity index is 986. The van der Waals surface area contributed by atoms with Crippen molar-refractivity contribution in [2.45, 2.75) is 25.5 Å². The van der Waals surface area contributed by atoms with Crippen LogP contribution < -0.4 is 15.4 Å². The molecule has 142 valence electrons. The molecule has 1 aliphatic carbocycles. The first kappa shape index (κ1) is 18.1. The van der Waals surface area contributed by atoms with Crippen LogP contribution in [0.2, 0.25) is 0 Å². The third kappa shape index (κ3) is 4.72. The van der Waals surface area contributed by atoms with Gasteiger partial charge in [0, 0.05) is 17.3 Å². The number of para-hydroxylation sites is 1. The summed E-state index contributed by atoms with van der Waals surface area (Å²) >= 11 is 1.17. The van der Waals surface area contributed by atoms with Crippen molar-refractivity contribution < 1.29 is 14.3 Å². The van der Waals surface area contributed by atoms with E-state index in [0.717, 1.165) is 18.6 Å². The highest BCUT2D eigenvalue weighted by Crippen LogP contribution is 2.20. The molecular formula is C20H18N4O3S. The summed E-state index contributed by atoms with van der Waals surface area (Å²) < 4.78 is 5.61. The minimum Gasteiger partial charge on any atom is -0.486 e. The van der Waals surface area contributed by atoms with Crippen molar-refractivity contribution in [2.75, 3.05) is 5.32 Å². The fourth-order valence-electron chi connectivity index (χ4n) is 2.48. The van der Waals surface area contributed by atoms with Crippen LogP contribution >= 0.6 is 11.3 Å². The molecule has 8 heteroatoms. The van der Waals surface area contributed by atoms with E-state index in [1.807, 2.05) is 30.3 Å². The largest absolute Gasteiger partial charge is 0.486 e. The normalized spacial score (nSPS) is 13.0. The van der Waals surface area contributed by atoms with Gasteiger partial charge in [-0.1, -0.05) is 35.6 Å². The van der Waals surface area contributed by atoms with Gasteiger partial charge < -0.3 is 15.4 Å². The minimum atomic E-state index is -0.372. The number of aromatic nitrogens is 2. The fraction of sp³-hybridized carbons (Fsp3) is 0.200. The molecule has 0 atom stereocenters. The van der Waals surface area contributed by atoms with Crippen molar-refractivity contribution in [3.05, 3.63) is 70.2 Å². The van der Waals surface area contributed by atoms with E-state index in [1.165, 1.54) is 11.3 Å². The number of nitrogens with zero attached hydrogens (tertiary/aromatic N) is 2. The van der Waals surface area contributed by atoms with Gasteiger partial charge in [0.15, 0.2) is 5.01 Å². The number of hydrogen-bond donors (Lipinski definition) is 2. The second kappa shape index (κ2) is 8.18. The third-order valence-electron chi connectivity index (χ3n) is 4.06. The molecule has 1 heterocycles. The van der Waals surface area contributed by atoms with Crippen LogP contribution in [0.4, 0.5) is 5.69 Å². The molecule has 0 unspecified atom stereocenters. The maximum absolute atomic E-state index is 12.4. The summed E-state index contributed by atoms with van der Waals surface area (Å²) in [7, 11) is 0. The van der Waals surface area contributed by atoms with Crippen molar-refractivity contribution in [1.29, 1.82) is 0 Å². The van der Waals surface area contributed by atoms with Crippen LogP contribution in [-0.4, -0.2) is 28.1 Å². The molecule has 2 amide bonds. The molecule has 1 fully saturated rings. The zero-order valence-corrected chi connectivity index (χ0v) is 15.7. The Morgan fingerprint density at radius 2 is 1.86 bits per heavy atom. The van der Waals surface area contributed by atoms with E-state index in [4.69, 9.17) is 4.74 Å². The lowest BCUT2D eigenvalue weighted by Gasteiger charge is -2.06. The lowest BCUT2D eigenvalue weighted by Crippen LogP contribution is -2.25. The maximum Gasteiger partial charge on any atom is 0.286 e. The Morgan fingerprint density at radius 3 is 2.64 bits per heavy atom. The molecular weight excluding hydrogens is 376 g/mol. The number of nitrogens with one attached hydrogen (secondary N) is 2. The Hall–Kier alpha value is -3.26. The van der Waals surface area contributed by atoms with Crippen LogP contribution in [-0.2, 0) is 6.61 Å². The highest BCUT2D eigenvalue weighted by Gasteiger charge is 2.24. The van der Waals surface area contributed by atoms with E-state index in [0.29, 0.717) is 16.3 Å². The summed E-state index contributed by atoms with van der Waals surface area (Å²) in [6.07, 6.45) is 2.05. The standard InChI is InChI=1S/C20H18N4O3S/c25-18(21-14-9-10-14)13-5-4-6-15(11-13)22-19(26)20-24-23-17(28-20)12-27-16-7-2-1-3-8-16/h1-8,11,14H,9-10,12H2,(H,21,25)(H,22,26). The molecule has 1 aromatic heterocycles. The average molecular weight is 394 g/mol. The van der Waals surface area contributed by atoms with Gasteiger partial charge in [-0.25, -0.2) is 0 Å². The zero-order valence-electron chi connectivity index (χ0n) is 14.9. The van der Waals surface area contributed by atoms with Gasteiger partial charge >= 0.3 is 0 Å². The summed E-state index contributed by atoms with van der Waals surface area (Å²) in [6.45, 7) is 0.242. The molecule has 0 bridgehead atoms. The van der Waals surface area contributed by atoms with E-state index in [9.17, 15) is 9.59 Å². The van der Waals surface area contributed by atoms with Crippen LogP contribution in [0.1, 0.15) is 38.0 Å². The van der Waals surface area contributed by atoms with Crippen molar-refractivity contribution in [1.82, 2.24) is 15.5 Å². The molecule has 2 N–H and O–H groups in total. The first-order valence-corrected chi connectivity index (χ1v) is 9.71. The van der Waals surface area contributed by atoms with Crippen LogP contribution in [0.15, 0.2) is 54.6 Å². The molecule has 0 aliphatic heterocycles. The second-order valence-corrected chi connectivity index (χ2v) is 7.45. The van der Waals surface area contributed by atoms with Gasteiger partial charge in [0.1, 0.15) is 12.4 Å². The fourth-order valence-corrected chi connectivity index (χ4v) is 3.13. The number of benzene rings is 2. The Morgan fingerprint density at radius 1 is 1.04 bits per heavy atom. The van der Waals surface area contributed by atoms with E-state index in [1.54, 1.807) is 24.3 Å². The number of hydrogen-bond acceptors (Lipinski definition) is 6. The summed E-state index contributed by atoms with van der Waals surface area (Å²) in [5.74, 6) is 0.225. The van der Waals surface area contributed by atoms with Crippen LogP contribution in [0.5, 0.6) is 5.75 Å². The van der Waals surface area contributed by atoms with Gasteiger partial charge in [-0.05, 0) is 43.2 Å².